The summed E-state index contributed by atoms with van der Waals surface area (Å²) in [5.41, 5.74) is 4.88. The van der Waals surface area contributed by atoms with Gasteiger partial charge in [0.15, 0.2) is 0 Å². The topological polar surface area (TPSA) is 89.3 Å². The molecule has 0 unspecified atom stereocenters. The molecule has 0 spiro atoms. The van der Waals surface area contributed by atoms with Gasteiger partial charge in [-0.3, -0.25) is 4.79 Å². The maximum atomic E-state index is 11.1. The maximum absolute atomic E-state index is 11.1. The van der Waals surface area contributed by atoms with Gasteiger partial charge in [-0.05, 0) is 20.8 Å². The van der Waals surface area contributed by atoms with Gasteiger partial charge in [-0.25, -0.2) is 13.1 Å². The quantitative estimate of drug-likeness (QED) is 0.613. The fraction of sp³-hybridized carbons (Fsp3) is 0.833. The normalized spacial score (nSPS) is 14.7. The second kappa shape index (κ2) is 3.86. The number of hydrogen-bond donors (Lipinski definition) is 2. The van der Waals surface area contributed by atoms with Gasteiger partial charge in [0, 0.05) is 0 Å². The zero-order valence-corrected chi connectivity index (χ0v) is 8.18. The summed E-state index contributed by atoms with van der Waals surface area (Å²) in [5, 5.41) is -0.556. The van der Waals surface area contributed by atoms with Gasteiger partial charge in [-0.2, -0.15) is 0 Å². The van der Waals surface area contributed by atoms with Crippen molar-refractivity contribution in [2.75, 3.05) is 0 Å². The van der Waals surface area contributed by atoms with Crippen molar-refractivity contribution in [1.82, 2.24) is 4.72 Å². The first-order valence-corrected chi connectivity index (χ1v) is 5.12. The van der Waals surface area contributed by atoms with Crippen molar-refractivity contribution in [2.24, 2.45) is 5.73 Å². The fourth-order valence-corrected chi connectivity index (χ4v) is 1.32. The zero-order chi connectivity index (χ0) is 9.94. The summed E-state index contributed by atoms with van der Waals surface area (Å²) in [6, 6.07) is -0.850. The molecule has 0 bridgehead atoms. The average Bonchev–Trinajstić information content (AvgIpc) is 1.85. The minimum atomic E-state index is -3.39. The highest BCUT2D eigenvalue weighted by molar-refractivity contribution is 7.90. The number of nitrogens with one attached hydrogen (secondary N) is 1. The second-order valence-electron chi connectivity index (χ2n) is 2.84. The van der Waals surface area contributed by atoms with E-state index in [-0.39, 0.29) is 0 Å². The van der Waals surface area contributed by atoms with Gasteiger partial charge in [0.1, 0.15) is 0 Å². The van der Waals surface area contributed by atoms with E-state index >= 15 is 0 Å². The molecule has 0 aliphatic carbocycles. The Hall–Kier alpha value is -0.620. The van der Waals surface area contributed by atoms with Crippen LogP contribution in [0, 0.1) is 0 Å². The molecule has 0 aromatic rings. The fourth-order valence-electron chi connectivity index (χ4n) is 0.441. The van der Waals surface area contributed by atoms with Gasteiger partial charge in [0.25, 0.3) is 0 Å². The standard InChI is InChI=1S/C6H14N2O3S/c1-4(2)12(10,11)8-5(3)6(7)9/h4-5,8H,1-3H3,(H2,7,9)/t5-/m0/s1. The molecule has 0 saturated heterocycles. The zero-order valence-electron chi connectivity index (χ0n) is 7.37. The molecule has 5 nitrogen and oxygen atoms in total. The molecule has 0 fully saturated rings. The van der Waals surface area contributed by atoms with Crippen LogP contribution in [0.5, 0.6) is 0 Å². The largest absolute Gasteiger partial charge is 0.368 e. The van der Waals surface area contributed by atoms with E-state index in [2.05, 4.69) is 4.72 Å². The highest BCUT2D eigenvalue weighted by atomic mass is 32.2. The van der Waals surface area contributed by atoms with E-state index < -0.39 is 27.2 Å². The number of hydrogen-bond acceptors (Lipinski definition) is 3. The average molecular weight is 194 g/mol. The molecule has 1 amide bonds. The molecule has 72 valence electrons. The van der Waals surface area contributed by atoms with Crippen LogP contribution in [-0.2, 0) is 14.8 Å². The summed E-state index contributed by atoms with van der Waals surface area (Å²) in [7, 11) is -3.39. The highest BCUT2D eigenvalue weighted by Crippen LogP contribution is 1.97. The molecular formula is C6H14N2O3S. The minimum absolute atomic E-state index is 0.556. The Bertz CT molecular complexity index is 258. The van der Waals surface area contributed by atoms with Gasteiger partial charge >= 0.3 is 0 Å². The summed E-state index contributed by atoms with van der Waals surface area (Å²) < 4.78 is 24.4. The van der Waals surface area contributed by atoms with Crippen molar-refractivity contribution in [3.63, 3.8) is 0 Å². The van der Waals surface area contributed by atoms with Gasteiger partial charge < -0.3 is 5.73 Å². The molecule has 12 heavy (non-hydrogen) atoms. The van der Waals surface area contributed by atoms with Crippen molar-refractivity contribution >= 4 is 15.9 Å². The van der Waals surface area contributed by atoms with Crippen molar-refractivity contribution in [2.45, 2.75) is 32.1 Å². The number of primary amides is 1. The maximum Gasteiger partial charge on any atom is 0.235 e. The van der Waals surface area contributed by atoms with E-state index in [1.54, 1.807) is 0 Å². The Morgan fingerprint density at radius 2 is 1.75 bits per heavy atom. The van der Waals surface area contributed by atoms with E-state index in [4.69, 9.17) is 5.73 Å². The minimum Gasteiger partial charge on any atom is -0.368 e. The first-order chi connectivity index (χ1) is 5.27. The Morgan fingerprint density at radius 3 is 2.00 bits per heavy atom. The lowest BCUT2D eigenvalue weighted by molar-refractivity contribution is -0.119. The van der Waals surface area contributed by atoms with Crippen molar-refractivity contribution < 1.29 is 13.2 Å². The van der Waals surface area contributed by atoms with E-state index in [1.807, 2.05) is 0 Å². The molecule has 0 rings (SSSR count). The van der Waals surface area contributed by atoms with Gasteiger partial charge in [0.2, 0.25) is 15.9 Å². The SMILES string of the molecule is CC(C)S(=O)(=O)N[C@@H](C)C(N)=O. The Labute approximate surface area is 72.4 Å². The molecule has 1 atom stereocenters. The molecule has 0 aromatic carbocycles. The third-order valence-corrected chi connectivity index (χ3v) is 3.31. The third-order valence-electron chi connectivity index (χ3n) is 1.39. The lowest BCUT2D eigenvalue weighted by Crippen LogP contribution is -2.44. The molecule has 0 aliphatic rings. The van der Waals surface area contributed by atoms with Crippen LogP contribution in [0.25, 0.3) is 0 Å². The molecule has 3 N–H and O–H groups in total. The van der Waals surface area contributed by atoms with Gasteiger partial charge in [0.05, 0.1) is 11.3 Å². The molecular weight excluding hydrogens is 180 g/mol. The lowest BCUT2D eigenvalue weighted by atomic mass is 10.4. The number of rotatable bonds is 4. The highest BCUT2D eigenvalue weighted by Gasteiger charge is 2.20. The van der Waals surface area contributed by atoms with Gasteiger partial charge in [-0.1, -0.05) is 0 Å². The molecule has 6 heteroatoms. The van der Waals surface area contributed by atoms with E-state index in [1.165, 1.54) is 20.8 Å². The van der Waals surface area contributed by atoms with Crippen LogP contribution in [-0.4, -0.2) is 25.6 Å². The number of sulfonamides is 1. The van der Waals surface area contributed by atoms with E-state index in [0.29, 0.717) is 0 Å². The summed E-state index contributed by atoms with van der Waals surface area (Å²) in [6.45, 7) is 4.45. The summed E-state index contributed by atoms with van der Waals surface area (Å²) in [5.74, 6) is -0.681. The first-order valence-electron chi connectivity index (χ1n) is 3.58. The van der Waals surface area contributed by atoms with Crippen LogP contribution in [0.2, 0.25) is 0 Å². The van der Waals surface area contributed by atoms with Crippen molar-refractivity contribution in [3.05, 3.63) is 0 Å². The van der Waals surface area contributed by atoms with Crippen LogP contribution in [0.4, 0.5) is 0 Å². The van der Waals surface area contributed by atoms with Crippen molar-refractivity contribution in [3.8, 4) is 0 Å². The monoisotopic (exact) mass is 194 g/mol. The second-order valence-corrected chi connectivity index (χ2v) is 5.10. The van der Waals surface area contributed by atoms with Crippen LogP contribution >= 0.6 is 0 Å². The van der Waals surface area contributed by atoms with Crippen LogP contribution in [0.3, 0.4) is 0 Å². The van der Waals surface area contributed by atoms with E-state index in [9.17, 15) is 13.2 Å². The Kier molecular flexibility index (Phi) is 3.66. The number of nitrogens with two attached hydrogens (primary N) is 1. The number of carbonyl (C=O) groups is 1. The number of carbonyl (C=O) groups excluding carboxylic acids is 1. The third kappa shape index (κ3) is 3.19. The van der Waals surface area contributed by atoms with Crippen molar-refractivity contribution in [1.29, 1.82) is 0 Å². The smallest absolute Gasteiger partial charge is 0.235 e. The Balaban J connectivity index is 4.37. The van der Waals surface area contributed by atoms with Crippen LogP contribution in [0.15, 0.2) is 0 Å². The summed E-state index contributed by atoms with van der Waals surface area (Å²) >= 11 is 0. The predicted octanol–water partition coefficient (Wildman–Crippen LogP) is -0.812. The van der Waals surface area contributed by atoms with Gasteiger partial charge in [-0.15, -0.1) is 0 Å². The molecule has 0 heterocycles. The predicted molar refractivity (Wildman–Crippen MR) is 45.8 cm³/mol. The summed E-state index contributed by atoms with van der Waals surface area (Å²) in [6.07, 6.45) is 0. The number of amides is 1. The first kappa shape index (κ1) is 11.4. The van der Waals surface area contributed by atoms with Crippen LogP contribution in [0.1, 0.15) is 20.8 Å². The summed E-state index contributed by atoms with van der Waals surface area (Å²) in [4.78, 5) is 10.5. The lowest BCUT2D eigenvalue weighted by Gasteiger charge is -2.12. The Morgan fingerprint density at radius 1 is 1.33 bits per heavy atom. The van der Waals surface area contributed by atoms with E-state index in [0.717, 1.165) is 0 Å². The van der Waals surface area contributed by atoms with Crippen LogP contribution < -0.4 is 10.5 Å². The molecule has 0 aromatic heterocycles. The molecule has 0 radical (unpaired) electrons. The molecule has 0 aliphatic heterocycles. The molecule has 0 saturated carbocycles.